The van der Waals surface area contributed by atoms with Crippen LogP contribution in [0.25, 0.3) is 0 Å². The topological polar surface area (TPSA) is 112 Å². The van der Waals surface area contributed by atoms with Crippen LogP contribution in [0, 0.1) is 4.64 Å². The van der Waals surface area contributed by atoms with Crippen LogP contribution in [-0.4, -0.2) is 27.4 Å². The molecular weight excluding hydrogens is 390 g/mol. The molecule has 0 radical (unpaired) electrons. The Morgan fingerprint density at radius 3 is 2.56 bits per heavy atom. The van der Waals surface area contributed by atoms with Crippen LogP contribution in [0.2, 0.25) is 5.02 Å². The molecule has 0 unspecified atom stereocenters. The molecule has 2 aromatic carbocycles. The number of rotatable bonds is 5. The van der Waals surface area contributed by atoms with Gasteiger partial charge in [0.15, 0.2) is 16.3 Å². The Balaban J connectivity index is 1.91. The SMILES string of the molecule is COc1ccc(Nc2nc(=S)c(Nc3ccc(Cl)cc3O)n[nH]c2=O)cc1. The molecule has 8 nitrogen and oxygen atoms in total. The lowest BCUT2D eigenvalue weighted by atomic mass is 10.3. The summed E-state index contributed by atoms with van der Waals surface area (Å²) >= 11 is 11.0. The van der Waals surface area contributed by atoms with Crippen molar-refractivity contribution in [1.29, 1.82) is 0 Å². The van der Waals surface area contributed by atoms with Crippen LogP contribution in [0.15, 0.2) is 47.3 Å². The molecule has 0 aliphatic carbocycles. The molecule has 0 aliphatic rings. The van der Waals surface area contributed by atoms with Gasteiger partial charge in [-0.15, -0.1) is 0 Å². The lowest BCUT2D eigenvalue weighted by Crippen LogP contribution is -2.10. The number of anilines is 4. The van der Waals surface area contributed by atoms with Crippen molar-refractivity contribution in [3.8, 4) is 11.5 Å². The van der Waals surface area contributed by atoms with E-state index < -0.39 is 5.56 Å². The van der Waals surface area contributed by atoms with Gasteiger partial charge < -0.3 is 20.5 Å². The number of benzene rings is 2. The number of ether oxygens (including phenoxy) is 1. The maximum atomic E-state index is 12.2. The van der Waals surface area contributed by atoms with Gasteiger partial charge in [0, 0.05) is 16.8 Å². The zero-order valence-electron chi connectivity index (χ0n) is 14.0. The van der Waals surface area contributed by atoms with Crippen LogP contribution in [0.4, 0.5) is 23.0 Å². The van der Waals surface area contributed by atoms with Crippen molar-refractivity contribution in [3.63, 3.8) is 0 Å². The number of H-pyrrole nitrogens is 1. The molecule has 0 aliphatic heterocycles. The van der Waals surface area contributed by atoms with Gasteiger partial charge in [-0.2, -0.15) is 5.10 Å². The molecule has 0 saturated heterocycles. The molecule has 1 heterocycles. The number of methoxy groups -OCH3 is 1. The van der Waals surface area contributed by atoms with E-state index in [1.54, 1.807) is 43.5 Å². The number of nitrogens with zero attached hydrogens (tertiary/aromatic N) is 2. The largest absolute Gasteiger partial charge is 0.506 e. The van der Waals surface area contributed by atoms with Crippen LogP contribution < -0.4 is 20.9 Å². The van der Waals surface area contributed by atoms with Crippen molar-refractivity contribution in [2.45, 2.75) is 0 Å². The molecule has 0 bridgehead atoms. The van der Waals surface area contributed by atoms with Crippen LogP contribution in [0.3, 0.4) is 0 Å². The normalized spacial score (nSPS) is 10.3. The van der Waals surface area contributed by atoms with Gasteiger partial charge in [-0.1, -0.05) is 23.8 Å². The molecule has 3 rings (SSSR count). The number of aromatic hydroxyl groups is 1. The number of hydrogen-bond donors (Lipinski definition) is 4. The molecule has 27 heavy (non-hydrogen) atoms. The van der Waals surface area contributed by atoms with Crippen molar-refractivity contribution >= 4 is 46.8 Å². The Morgan fingerprint density at radius 2 is 1.89 bits per heavy atom. The molecule has 0 amide bonds. The Kier molecular flexibility index (Phi) is 5.53. The molecule has 3 aromatic rings. The van der Waals surface area contributed by atoms with E-state index >= 15 is 0 Å². The molecule has 138 valence electrons. The highest BCUT2D eigenvalue weighted by atomic mass is 35.5. The standard InChI is InChI=1S/C17H14ClN5O3S/c1-26-11-5-3-10(4-6-11)19-14-16(25)23-22-15(17(27)21-14)20-12-7-2-9(18)8-13(12)24/h2-8,24H,1H3,(H3,19,20,21,22,23,25,27). The summed E-state index contributed by atoms with van der Waals surface area (Å²) in [5.41, 5.74) is 0.376. The third kappa shape index (κ3) is 4.52. The van der Waals surface area contributed by atoms with Crippen LogP contribution >= 0.6 is 23.8 Å². The first kappa shape index (κ1) is 18.6. The Bertz CT molecular complexity index is 1090. The van der Waals surface area contributed by atoms with E-state index in [-0.39, 0.29) is 22.0 Å². The minimum Gasteiger partial charge on any atom is -0.506 e. The van der Waals surface area contributed by atoms with Gasteiger partial charge in [0.1, 0.15) is 11.5 Å². The van der Waals surface area contributed by atoms with Crippen LogP contribution in [0.5, 0.6) is 11.5 Å². The van der Waals surface area contributed by atoms with E-state index in [4.69, 9.17) is 28.6 Å². The zero-order chi connectivity index (χ0) is 19.4. The number of nitrogens with one attached hydrogen (secondary N) is 3. The van der Waals surface area contributed by atoms with Gasteiger partial charge in [-0.3, -0.25) is 4.79 Å². The molecule has 0 fully saturated rings. The molecule has 0 saturated carbocycles. The fourth-order valence-electron chi connectivity index (χ4n) is 2.13. The van der Waals surface area contributed by atoms with Gasteiger partial charge in [0.25, 0.3) is 0 Å². The number of hydrogen-bond acceptors (Lipinski definition) is 8. The first-order valence-electron chi connectivity index (χ1n) is 7.64. The van der Waals surface area contributed by atoms with E-state index in [2.05, 4.69) is 25.8 Å². The third-order valence-corrected chi connectivity index (χ3v) is 3.99. The van der Waals surface area contributed by atoms with Gasteiger partial charge >= 0.3 is 5.56 Å². The lowest BCUT2D eigenvalue weighted by Gasteiger charge is -2.06. The first-order valence-corrected chi connectivity index (χ1v) is 8.42. The summed E-state index contributed by atoms with van der Waals surface area (Å²) in [6, 6.07) is 11.4. The van der Waals surface area contributed by atoms with Gasteiger partial charge in [-0.25, -0.2) is 10.1 Å². The second kappa shape index (κ2) is 8.02. The summed E-state index contributed by atoms with van der Waals surface area (Å²) in [7, 11) is 1.56. The Morgan fingerprint density at radius 1 is 1.15 bits per heavy atom. The minimum atomic E-state index is -0.565. The number of aromatic nitrogens is 3. The molecule has 10 heteroatoms. The number of halogens is 1. The zero-order valence-corrected chi connectivity index (χ0v) is 15.6. The molecule has 0 atom stereocenters. The molecular formula is C17H14ClN5O3S. The van der Waals surface area contributed by atoms with E-state index in [1.807, 2.05) is 0 Å². The quantitative estimate of drug-likeness (QED) is 0.376. The summed E-state index contributed by atoms with van der Waals surface area (Å²) in [5.74, 6) is 0.665. The second-order valence-corrected chi connectivity index (χ2v) is 6.13. The van der Waals surface area contributed by atoms with Gasteiger partial charge in [0.2, 0.25) is 0 Å². The maximum absolute atomic E-state index is 12.2. The highest BCUT2D eigenvalue weighted by Crippen LogP contribution is 2.28. The summed E-state index contributed by atoms with van der Waals surface area (Å²) in [6.07, 6.45) is 0. The van der Waals surface area contributed by atoms with Crippen molar-refractivity contribution in [3.05, 3.63) is 62.5 Å². The Hall–Kier alpha value is -3.17. The number of aromatic amines is 1. The Labute approximate surface area is 163 Å². The van der Waals surface area contributed by atoms with Crippen molar-refractivity contribution < 1.29 is 9.84 Å². The van der Waals surface area contributed by atoms with Crippen LogP contribution in [-0.2, 0) is 0 Å². The minimum absolute atomic E-state index is 0.0222. The predicted molar refractivity (Wildman–Crippen MR) is 106 cm³/mol. The van der Waals surface area contributed by atoms with Crippen molar-refractivity contribution in [2.75, 3.05) is 17.7 Å². The smallest absolute Gasteiger partial charge is 0.307 e. The monoisotopic (exact) mass is 403 g/mol. The molecule has 1 aromatic heterocycles. The van der Waals surface area contributed by atoms with Crippen molar-refractivity contribution in [2.24, 2.45) is 0 Å². The third-order valence-electron chi connectivity index (χ3n) is 3.47. The molecule has 0 spiro atoms. The molecule has 4 N–H and O–H groups in total. The average molecular weight is 404 g/mol. The predicted octanol–water partition coefficient (Wildman–Crippen LogP) is 3.75. The van der Waals surface area contributed by atoms with E-state index in [1.165, 1.54) is 6.07 Å². The summed E-state index contributed by atoms with van der Waals surface area (Å²) < 4.78 is 5.12. The highest BCUT2D eigenvalue weighted by molar-refractivity contribution is 7.71. The van der Waals surface area contributed by atoms with E-state index in [0.29, 0.717) is 22.1 Å². The maximum Gasteiger partial charge on any atom is 0.307 e. The summed E-state index contributed by atoms with van der Waals surface area (Å²) in [5, 5.41) is 22.3. The first-order chi connectivity index (χ1) is 13.0. The summed E-state index contributed by atoms with van der Waals surface area (Å²) in [6.45, 7) is 0. The average Bonchev–Trinajstić information content (AvgIpc) is 2.78. The van der Waals surface area contributed by atoms with Crippen LogP contribution in [0.1, 0.15) is 0 Å². The fraction of sp³-hybridized carbons (Fsp3) is 0.0588. The van der Waals surface area contributed by atoms with Gasteiger partial charge in [-0.05, 0) is 36.4 Å². The van der Waals surface area contributed by atoms with Gasteiger partial charge in [0.05, 0.1) is 12.8 Å². The fourth-order valence-corrected chi connectivity index (χ4v) is 2.48. The van der Waals surface area contributed by atoms with E-state index in [9.17, 15) is 9.90 Å². The van der Waals surface area contributed by atoms with E-state index in [0.717, 1.165) is 0 Å². The lowest BCUT2D eigenvalue weighted by molar-refractivity contribution is 0.415. The highest BCUT2D eigenvalue weighted by Gasteiger charge is 2.08. The number of phenols is 1. The second-order valence-electron chi connectivity index (χ2n) is 5.31. The summed E-state index contributed by atoms with van der Waals surface area (Å²) in [4.78, 5) is 16.3. The number of phenolic OH excluding ortho intramolecular Hbond substituents is 1. The van der Waals surface area contributed by atoms with Crippen molar-refractivity contribution in [1.82, 2.24) is 15.2 Å².